The minimum absolute atomic E-state index is 0.0587. The van der Waals surface area contributed by atoms with Crippen LogP contribution in [0.1, 0.15) is 5.56 Å². The number of nitrogens with zero attached hydrogens (tertiary/aromatic N) is 1. The Balaban J connectivity index is 1.75. The largest absolute Gasteiger partial charge is 0.504 e. The fourth-order valence-electron chi connectivity index (χ4n) is 2.59. The predicted octanol–water partition coefficient (Wildman–Crippen LogP) is 2.07. The van der Waals surface area contributed by atoms with E-state index in [4.69, 9.17) is 4.74 Å². The number of anilines is 1. The molecule has 1 heterocycles. The molecular formula is C19H16FN3O5. The third-order valence-electron chi connectivity index (χ3n) is 3.96. The molecule has 8 nitrogen and oxygen atoms in total. The lowest BCUT2D eigenvalue weighted by molar-refractivity contribution is -0.127. The summed E-state index contributed by atoms with van der Waals surface area (Å²) in [5.41, 5.74) is 0.0736. The average Bonchev–Trinajstić information content (AvgIpc) is 2.93. The number of carbonyl (C=O) groups is 3. The average molecular weight is 385 g/mol. The van der Waals surface area contributed by atoms with Gasteiger partial charge < -0.3 is 20.5 Å². The first-order valence-corrected chi connectivity index (χ1v) is 8.15. The number of hydrogen-bond donors (Lipinski definition) is 3. The van der Waals surface area contributed by atoms with Gasteiger partial charge in [0.05, 0.1) is 12.8 Å². The van der Waals surface area contributed by atoms with Gasteiger partial charge in [-0.3, -0.25) is 9.59 Å². The van der Waals surface area contributed by atoms with Gasteiger partial charge in [0.15, 0.2) is 11.5 Å². The molecule has 4 amide bonds. The van der Waals surface area contributed by atoms with Crippen LogP contribution in [0.2, 0.25) is 0 Å². The molecule has 3 rings (SSSR count). The van der Waals surface area contributed by atoms with Crippen LogP contribution in [0, 0.1) is 5.82 Å². The fourth-order valence-corrected chi connectivity index (χ4v) is 2.59. The second-order valence-electron chi connectivity index (χ2n) is 5.81. The molecule has 2 aromatic rings. The highest BCUT2D eigenvalue weighted by molar-refractivity contribution is 6.16. The van der Waals surface area contributed by atoms with Crippen LogP contribution in [0.5, 0.6) is 11.5 Å². The maximum Gasteiger partial charge on any atom is 0.329 e. The molecule has 0 aliphatic carbocycles. The van der Waals surface area contributed by atoms with Gasteiger partial charge in [0.2, 0.25) is 5.91 Å². The van der Waals surface area contributed by atoms with E-state index in [0.717, 1.165) is 0 Å². The summed E-state index contributed by atoms with van der Waals surface area (Å²) in [5, 5.41) is 14.7. The van der Waals surface area contributed by atoms with Gasteiger partial charge in [-0.25, -0.2) is 14.1 Å². The Kier molecular flexibility index (Phi) is 5.25. The molecule has 0 spiro atoms. The van der Waals surface area contributed by atoms with Crippen LogP contribution >= 0.6 is 0 Å². The van der Waals surface area contributed by atoms with E-state index in [9.17, 15) is 23.9 Å². The topological polar surface area (TPSA) is 108 Å². The third-order valence-corrected chi connectivity index (χ3v) is 3.96. The Hall–Kier alpha value is -3.88. The molecule has 9 heteroatoms. The smallest absolute Gasteiger partial charge is 0.329 e. The monoisotopic (exact) mass is 385 g/mol. The zero-order valence-corrected chi connectivity index (χ0v) is 14.7. The lowest BCUT2D eigenvalue weighted by Gasteiger charge is -2.12. The Morgan fingerprint density at radius 2 is 2.00 bits per heavy atom. The van der Waals surface area contributed by atoms with Crippen molar-refractivity contribution in [3.05, 3.63) is 59.5 Å². The van der Waals surface area contributed by atoms with Crippen molar-refractivity contribution in [3.63, 3.8) is 0 Å². The molecule has 1 aliphatic heterocycles. The van der Waals surface area contributed by atoms with E-state index in [1.54, 1.807) is 6.07 Å². The zero-order valence-electron chi connectivity index (χ0n) is 14.7. The molecule has 0 atom stereocenters. The SMILES string of the molecule is COc1cccc(/C=C2\NC(=O)N(CC(=O)Nc3ccccc3F)C2=O)c1O. The summed E-state index contributed by atoms with van der Waals surface area (Å²) in [7, 11) is 1.38. The summed E-state index contributed by atoms with van der Waals surface area (Å²) in [4.78, 5) is 37.3. The number of hydrogen-bond acceptors (Lipinski definition) is 5. The maximum absolute atomic E-state index is 13.6. The summed E-state index contributed by atoms with van der Waals surface area (Å²) in [6, 6.07) is 9.39. The first-order valence-electron chi connectivity index (χ1n) is 8.15. The Morgan fingerprint density at radius 3 is 2.71 bits per heavy atom. The molecule has 1 aliphatic rings. The number of carbonyl (C=O) groups excluding carboxylic acids is 3. The van der Waals surface area contributed by atoms with E-state index >= 15 is 0 Å². The van der Waals surface area contributed by atoms with Crippen LogP contribution in [0.3, 0.4) is 0 Å². The lowest BCUT2D eigenvalue weighted by atomic mass is 10.1. The van der Waals surface area contributed by atoms with Gasteiger partial charge in [-0.15, -0.1) is 0 Å². The second-order valence-corrected chi connectivity index (χ2v) is 5.81. The number of nitrogens with one attached hydrogen (secondary N) is 2. The molecule has 3 N–H and O–H groups in total. The lowest BCUT2D eigenvalue weighted by Crippen LogP contribution is -2.38. The molecule has 0 bridgehead atoms. The van der Waals surface area contributed by atoms with Crippen molar-refractivity contribution in [2.45, 2.75) is 0 Å². The molecule has 2 aromatic carbocycles. The van der Waals surface area contributed by atoms with Crippen LogP contribution in [-0.2, 0) is 9.59 Å². The van der Waals surface area contributed by atoms with E-state index in [-0.39, 0.29) is 28.4 Å². The Labute approximate surface area is 159 Å². The summed E-state index contributed by atoms with van der Waals surface area (Å²) >= 11 is 0. The van der Waals surface area contributed by atoms with Gasteiger partial charge in [0.1, 0.15) is 18.1 Å². The van der Waals surface area contributed by atoms with E-state index in [2.05, 4.69) is 10.6 Å². The normalized spacial score (nSPS) is 14.9. The number of phenolic OH excluding ortho intramolecular Hbond substituents is 1. The molecule has 0 unspecified atom stereocenters. The van der Waals surface area contributed by atoms with Gasteiger partial charge in [-0.05, 0) is 24.3 Å². The van der Waals surface area contributed by atoms with E-state index in [0.29, 0.717) is 4.90 Å². The number of rotatable bonds is 5. The van der Waals surface area contributed by atoms with E-state index < -0.39 is 30.2 Å². The fraction of sp³-hybridized carbons (Fsp3) is 0.105. The first-order chi connectivity index (χ1) is 13.4. The minimum Gasteiger partial charge on any atom is -0.504 e. The number of urea groups is 1. The van der Waals surface area contributed by atoms with Crippen molar-refractivity contribution in [2.24, 2.45) is 0 Å². The summed E-state index contributed by atoms with van der Waals surface area (Å²) in [6.45, 7) is -0.597. The number of para-hydroxylation sites is 2. The van der Waals surface area contributed by atoms with E-state index in [1.807, 2.05) is 0 Å². The first kappa shape index (κ1) is 18.9. The maximum atomic E-state index is 13.6. The van der Waals surface area contributed by atoms with Gasteiger partial charge >= 0.3 is 6.03 Å². The molecule has 0 radical (unpaired) electrons. The van der Waals surface area contributed by atoms with Crippen LogP contribution in [-0.4, -0.2) is 41.5 Å². The molecule has 1 saturated heterocycles. The quantitative estimate of drug-likeness (QED) is 0.539. The molecule has 0 saturated carbocycles. The van der Waals surface area contributed by atoms with Crippen molar-refractivity contribution < 1.29 is 28.6 Å². The number of ether oxygens (including phenoxy) is 1. The summed E-state index contributed by atoms with van der Waals surface area (Å²) < 4.78 is 18.6. The number of halogens is 1. The van der Waals surface area contributed by atoms with Gasteiger partial charge in [0, 0.05) is 5.56 Å². The Bertz CT molecular complexity index is 989. The van der Waals surface area contributed by atoms with Gasteiger partial charge in [-0.2, -0.15) is 0 Å². The molecular weight excluding hydrogens is 369 g/mol. The van der Waals surface area contributed by atoms with Crippen LogP contribution in [0.25, 0.3) is 6.08 Å². The predicted molar refractivity (Wildman–Crippen MR) is 97.9 cm³/mol. The highest BCUT2D eigenvalue weighted by Gasteiger charge is 2.35. The van der Waals surface area contributed by atoms with Crippen molar-refractivity contribution >= 4 is 29.6 Å². The number of benzene rings is 2. The standard InChI is InChI=1S/C19H16FN3O5/c1-28-15-8-4-5-11(17(15)25)9-14-18(26)23(19(27)22-14)10-16(24)21-13-7-3-2-6-12(13)20/h2-9,25H,10H2,1H3,(H,21,24)(H,22,27)/b14-9-. The van der Waals surface area contributed by atoms with Gasteiger partial charge in [0.25, 0.3) is 5.91 Å². The molecule has 1 fully saturated rings. The Morgan fingerprint density at radius 1 is 1.25 bits per heavy atom. The van der Waals surface area contributed by atoms with Crippen molar-refractivity contribution in [1.29, 1.82) is 0 Å². The highest BCUT2D eigenvalue weighted by atomic mass is 19.1. The number of imide groups is 1. The second kappa shape index (κ2) is 7.78. The van der Waals surface area contributed by atoms with Gasteiger partial charge in [-0.1, -0.05) is 24.3 Å². The number of phenols is 1. The summed E-state index contributed by atoms with van der Waals surface area (Å²) in [5.74, 6) is -2.13. The number of methoxy groups -OCH3 is 1. The number of amides is 4. The van der Waals surface area contributed by atoms with Crippen LogP contribution < -0.4 is 15.4 Å². The zero-order chi connectivity index (χ0) is 20.3. The minimum atomic E-state index is -0.803. The van der Waals surface area contributed by atoms with E-state index in [1.165, 1.54) is 49.6 Å². The van der Waals surface area contributed by atoms with Crippen LogP contribution in [0.15, 0.2) is 48.2 Å². The van der Waals surface area contributed by atoms with Crippen LogP contribution in [0.4, 0.5) is 14.9 Å². The number of aromatic hydroxyl groups is 1. The highest BCUT2D eigenvalue weighted by Crippen LogP contribution is 2.31. The van der Waals surface area contributed by atoms with Crippen molar-refractivity contribution in [3.8, 4) is 11.5 Å². The molecule has 0 aromatic heterocycles. The van der Waals surface area contributed by atoms with Crippen molar-refractivity contribution in [1.82, 2.24) is 10.2 Å². The summed E-state index contributed by atoms with van der Waals surface area (Å²) in [6.07, 6.45) is 1.27. The van der Waals surface area contributed by atoms with Crippen molar-refractivity contribution in [2.75, 3.05) is 19.0 Å². The third kappa shape index (κ3) is 3.78. The molecule has 144 valence electrons. The molecule has 28 heavy (non-hydrogen) atoms.